The van der Waals surface area contributed by atoms with E-state index in [0.29, 0.717) is 0 Å². The van der Waals surface area contributed by atoms with Gasteiger partial charge in [-0.1, -0.05) is 133 Å². The molecule has 0 aliphatic carbocycles. The van der Waals surface area contributed by atoms with Gasteiger partial charge in [0.1, 0.15) is 0 Å². The van der Waals surface area contributed by atoms with Crippen molar-refractivity contribution in [3.63, 3.8) is 0 Å². The van der Waals surface area contributed by atoms with Crippen molar-refractivity contribution in [3.05, 3.63) is 170 Å². The lowest BCUT2D eigenvalue weighted by Gasteiger charge is -2.14. The van der Waals surface area contributed by atoms with Gasteiger partial charge >= 0.3 is 0 Å². The number of fused-ring (bicyclic) bond motifs is 9. The number of aromatic nitrogens is 2. The van der Waals surface area contributed by atoms with Gasteiger partial charge in [-0.2, -0.15) is 0 Å². The summed E-state index contributed by atoms with van der Waals surface area (Å²) in [5.41, 5.74) is 9.66. The third-order valence-corrected chi connectivity index (χ3v) is 9.67. The Hall–Kier alpha value is -6.12. The SMILES string of the molecule is c1ccc(-c2cccc3ccc(-n4c5ccccc5c5ccc6c7ccccc7n(-c7ccc8ccccc8c7)c6c54)cc23)cc1. The van der Waals surface area contributed by atoms with Gasteiger partial charge in [0, 0.05) is 32.9 Å². The third-order valence-electron chi connectivity index (χ3n) is 9.67. The summed E-state index contributed by atoms with van der Waals surface area (Å²) in [5, 5.41) is 10.00. The number of hydrogen-bond acceptors (Lipinski definition) is 0. The van der Waals surface area contributed by atoms with E-state index >= 15 is 0 Å². The van der Waals surface area contributed by atoms with Crippen molar-refractivity contribution in [2.75, 3.05) is 0 Å². The first-order valence-electron chi connectivity index (χ1n) is 15.9. The zero-order valence-corrected chi connectivity index (χ0v) is 25.1. The lowest BCUT2D eigenvalue weighted by Crippen LogP contribution is -1.99. The maximum atomic E-state index is 2.49. The molecule has 2 nitrogen and oxygen atoms in total. The highest BCUT2D eigenvalue weighted by Gasteiger charge is 2.21. The fourth-order valence-electron chi connectivity index (χ4n) is 7.62. The summed E-state index contributed by atoms with van der Waals surface area (Å²) in [6.07, 6.45) is 0. The molecule has 2 aromatic heterocycles. The topological polar surface area (TPSA) is 9.86 Å². The number of hydrogen-bond donors (Lipinski definition) is 0. The standard InChI is InChI=1S/C44H28N2/c1-2-12-30(13-3-1)35-18-10-15-31-22-24-34(28-40(31)35)46-42-20-9-7-17-37(42)39-26-25-38-36-16-6-8-19-41(36)45(43(38)44(39)46)33-23-21-29-11-4-5-14-32(29)27-33/h1-28H. The highest BCUT2D eigenvalue weighted by atomic mass is 15.0. The fraction of sp³-hybridized carbons (Fsp3) is 0. The number of nitrogens with zero attached hydrogens (tertiary/aromatic N) is 2. The molecule has 0 bridgehead atoms. The van der Waals surface area contributed by atoms with Crippen LogP contribution in [-0.4, -0.2) is 9.13 Å². The minimum Gasteiger partial charge on any atom is -0.307 e. The lowest BCUT2D eigenvalue weighted by atomic mass is 9.98. The van der Waals surface area contributed by atoms with Crippen LogP contribution >= 0.6 is 0 Å². The van der Waals surface area contributed by atoms with Gasteiger partial charge in [-0.15, -0.1) is 0 Å². The van der Waals surface area contributed by atoms with Crippen molar-refractivity contribution in [2.24, 2.45) is 0 Å². The quantitative estimate of drug-likeness (QED) is 0.195. The van der Waals surface area contributed by atoms with Gasteiger partial charge in [0.05, 0.1) is 22.1 Å². The normalized spacial score (nSPS) is 11.9. The molecule has 46 heavy (non-hydrogen) atoms. The fourth-order valence-corrected chi connectivity index (χ4v) is 7.62. The molecule has 0 saturated carbocycles. The zero-order valence-electron chi connectivity index (χ0n) is 25.1. The summed E-state index contributed by atoms with van der Waals surface area (Å²) in [5.74, 6) is 0. The average Bonchev–Trinajstić information content (AvgIpc) is 3.64. The number of rotatable bonds is 3. The summed E-state index contributed by atoms with van der Waals surface area (Å²) >= 11 is 0. The second kappa shape index (κ2) is 9.69. The van der Waals surface area contributed by atoms with Gasteiger partial charge in [-0.25, -0.2) is 0 Å². The molecule has 10 aromatic rings. The van der Waals surface area contributed by atoms with Gasteiger partial charge in [0.2, 0.25) is 0 Å². The van der Waals surface area contributed by atoms with Gasteiger partial charge in [0.25, 0.3) is 0 Å². The molecule has 0 fully saturated rings. The lowest BCUT2D eigenvalue weighted by molar-refractivity contribution is 1.15. The first-order valence-corrected chi connectivity index (χ1v) is 15.9. The van der Waals surface area contributed by atoms with Crippen LogP contribution in [0.5, 0.6) is 0 Å². The van der Waals surface area contributed by atoms with E-state index in [-0.39, 0.29) is 0 Å². The Morgan fingerprint density at radius 3 is 1.54 bits per heavy atom. The molecule has 2 heterocycles. The smallest absolute Gasteiger partial charge is 0.0788 e. The van der Waals surface area contributed by atoms with Crippen molar-refractivity contribution in [1.29, 1.82) is 0 Å². The minimum atomic E-state index is 1.16. The molecule has 10 rings (SSSR count). The van der Waals surface area contributed by atoms with E-state index in [1.54, 1.807) is 0 Å². The van der Waals surface area contributed by atoms with E-state index in [1.165, 1.54) is 82.0 Å². The summed E-state index contributed by atoms with van der Waals surface area (Å²) in [7, 11) is 0. The molecule has 0 amide bonds. The van der Waals surface area contributed by atoms with Gasteiger partial charge in [0.15, 0.2) is 0 Å². The summed E-state index contributed by atoms with van der Waals surface area (Å²) in [6, 6.07) is 62.0. The van der Waals surface area contributed by atoms with Crippen LogP contribution in [0, 0.1) is 0 Å². The van der Waals surface area contributed by atoms with E-state index < -0.39 is 0 Å². The Morgan fingerprint density at radius 1 is 0.304 bits per heavy atom. The molecule has 0 unspecified atom stereocenters. The first kappa shape index (κ1) is 25.2. The van der Waals surface area contributed by atoms with Crippen LogP contribution in [-0.2, 0) is 0 Å². The largest absolute Gasteiger partial charge is 0.307 e. The average molecular weight is 585 g/mol. The Morgan fingerprint density at radius 2 is 0.848 bits per heavy atom. The Bertz CT molecular complexity index is 2800. The van der Waals surface area contributed by atoms with Crippen LogP contribution in [0.15, 0.2) is 170 Å². The predicted octanol–water partition coefficient (Wildman–Crippen LogP) is 11.9. The number of benzene rings is 8. The molecule has 0 saturated heterocycles. The van der Waals surface area contributed by atoms with E-state index in [0.717, 1.165) is 5.69 Å². The molecule has 0 spiro atoms. The van der Waals surface area contributed by atoms with Crippen LogP contribution in [0.25, 0.3) is 87.7 Å². The van der Waals surface area contributed by atoms with Crippen molar-refractivity contribution in [1.82, 2.24) is 9.13 Å². The highest BCUT2D eigenvalue weighted by molar-refractivity contribution is 6.24. The van der Waals surface area contributed by atoms with E-state index in [2.05, 4.69) is 179 Å². The van der Waals surface area contributed by atoms with Crippen LogP contribution < -0.4 is 0 Å². The van der Waals surface area contributed by atoms with Crippen molar-refractivity contribution >= 4 is 65.2 Å². The summed E-state index contributed by atoms with van der Waals surface area (Å²) < 4.78 is 4.97. The first-order chi connectivity index (χ1) is 22.8. The minimum absolute atomic E-state index is 1.16. The second-order valence-electron chi connectivity index (χ2n) is 12.2. The molecular weight excluding hydrogens is 556 g/mol. The van der Waals surface area contributed by atoms with Crippen LogP contribution in [0.3, 0.4) is 0 Å². The Labute approximate surface area is 266 Å². The predicted molar refractivity (Wildman–Crippen MR) is 196 cm³/mol. The second-order valence-corrected chi connectivity index (χ2v) is 12.2. The van der Waals surface area contributed by atoms with Crippen molar-refractivity contribution in [2.45, 2.75) is 0 Å². The maximum absolute atomic E-state index is 2.49. The third kappa shape index (κ3) is 3.59. The highest BCUT2D eigenvalue weighted by Crippen LogP contribution is 2.42. The zero-order chi connectivity index (χ0) is 30.2. The van der Waals surface area contributed by atoms with Gasteiger partial charge in [-0.05, 0) is 69.1 Å². The molecule has 0 radical (unpaired) electrons. The molecule has 0 aliphatic heterocycles. The summed E-state index contributed by atoms with van der Waals surface area (Å²) in [4.78, 5) is 0. The van der Waals surface area contributed by atoms with E-state index in [1.807, 2.05) is 0 Å². The van der Waals surface area contributed by atoms with E-state index in [9.17, 15) is 0 Å². The number of para-hydroxylation sites is 2. The molecule has 0 N–H and O–H groups in total. The molecule has 214 valence electrons. The maximum Gasteiger partial charge on any atom is 0.0788 e. The van der Waals surface area contributed by atoms with Crippen molar-refractivity contribution < 1.29 is 0 Å². The van der Waals surface area contributed by atoms with E-state index in [4.69, 9.17) is 0 Å². The van der Waals surface area contributed by atoms with Gasteiger partial charge < -0.3 is 9.13 Å². The summed E-state index contributed by atoms with van der Waals surface area (Å²) in [6.45, 7) is 0. The van der Waals surface area contributed by atoms with Crippen LogP contribution in [0.4, 0.5) is 0 Å². The van der Waals surface area contributed by atoms with Crippen LogP contribution in [0.1, 0.15) is 0 Å². The Kier molecular flexibility index (Phi) is 5.31. The molecule has 0 aliphatic rings. The molecule has 8 aromatic carbocycles. The van der Waals surface area contributed by atoms with Crippen molar-refractivity contribution in [3.8, 4) is 22.5 Å². The monoisotopic (exact) mass is 584 g/mol. The van der Waals surface area contributed by atoms with Crippen LogP contribution in [0.2, 0.25) is 0 Å². The molecule has 0 atom stereocenters. The Balaban J connectivity index is 1.37. The van der Waals surface area contributed by atoms with Gasteiger partial charge in [-0.3, -0.25) is 0 Å². The molecular formula is C44H28N2. The molecule has 2 heteroatoms.